The Morgan fingerprint density at radius 3 is 2.26 bits per heavy atom. The summed E-state index contributed by atoms with van der Waals surface area (Å²) in [6, 6.07) is 14.7. The number of methoxy groups -OCH3 is 1. The summed E-state index contributed by atoms with van der Waals surface area (Å²) in [7, 11) is -2.88. The lowest BCUT2D eigenvalue weighted by Crippen LogP contribution is -2.34. The van der Waals surface area contributed by atoms with Crippen molar-refractivity contribution in [3.05, 3.63) is 93.0 Å². The summed E-state index contributed by atoms with van der Waals surface area (Å²) in [6.07, 6.45) is 0. The van der Waals surface area contributed by atoms with Crippen LogP contribution >= 0.6 is 0 Å². The Balaban J connectivity index is 2.29. The minimum absolute atomic E-state index is 0.0133. The second-order valence-corrected chi connectivity index (χ2v) is 9.30. The van der Waals surface area contributed by atoms with Gasteiger partial charge in [0, 0.05) is 5.56 Å². The Hall–Kier alpha value is -3.96. The van der Waals surface area contributed by atoms with Gasteiger partial charge in [0.2, 0.25) is 0 Å². The third kappa shape index (κ3) is 4.70. The van der Waals surface area contributed by atoms with Crippen LogP contribution in [-0.4, -0.2) is 31.6 Å². The average Bonchev–Trinajstić information content (AvgIpc) is 2.81. The maximum atomic E-state index is 13.8. The van der Waals surface area contributed by atoms with Gasteiger partial charge in [-0.2, -0.15) is 0 Å². The lowest BCUT2D eigenvalue weighted by molar-refractivity contribution is -0.386. The number of nitro groups is 1. The molecule has 3 aromatic carbocycles. The molecule has 0 fully saturated rings. The van der Waals surface area contributed by atoms with Gasteiger partial charge in [0.1, 0.15) is 5.75 Å². The molecular weight excluding hydrogens is 462 g/mol. The van der Waals surface area contributed by atoms with E-state index in [9.17, 15) is 28.5 Å². The van der Waals surface area contributed by atoms with E-state index >= 15 is 0 Å². The fourth-order valence-electron chi connectivity index (χ4n) is 3.66. The molecule has 0 unspecified atom stereocenters. The van der Waals surface area contributed by atoms with Gasteiger partial charge in [-0.15, -0.1) is 0 Å². The number of benzene rings is 3. The lowest BCUT2D eigenvalue weighted by Gasteiger charge is -2.28. The van der Waals surface area contributed by atoms with Crippen molar-refractivity contribution in [3.63, 3.8) is 0 Å². The Labute approximate surface area is 196 Å². The van der Waals surface area contributed by atoms with E-state index in [0.29, 0.717) is 16.9 Å². The Morgan fingerprint density at radius 2 is 1.68 bits per heavy atom. The van der Waals surface area contributed by atoms with Crippen LogP contribution in [0.15, 0.2) is 65.6 Å². The van der Waals surface area contributed by atoms with E-state index in [4.69, 9.17) is 4.74 Å². The number of anilines is 1. The third-order valence-corrected chi connectivity index (χ3v) is 7.06. The summed E-state index contributed by atoms with van der Waals surface area (Å²) in [6.45, 7) is 2.73. The smallest absolute Gasteiger partial charge is 0.277 e. The normalized spacial score (nSPS) is 11.1. The molecule has 0 aliphatic carbocycles. The SMILES string of the molecule is COc1ccc(S(=O)(=O)N(Cc2cccc(C)c2[N+](=O)[O-])c2c(C)cccc2C(=O)NO)cc1. The molecule has 0 spiro atoms. The quantitative estimate of drug-likeness (QED) is 0.281. The molecule has 0 bridgehead atoms. The minimum Gasteiger partial charge on any atom is -0.497 e. The number of nitrogens with one attached hydrogen (secondary N) is 1. The summed E-state index contributed by atoms with van der Waals surface area (Å²) >= 11 is 0. The number of rotatable bonds is 8. The molecule has 10 nitrogen and oxygen atoms in total. The van der Waals surface area contributed by atoms with Crippen LogP contribution in [0.3, 0.4) is 0 Å². The van der Waals surface area contributed by atoms with Crippen LogP contribution in [0.1, 0.15) is 27.0 Å². The van der Waals surface area contributed by atoms with Gasteiger partial charge in [0.15, 0.2) is 0 Å². The van der Waals surface area contributed by atoms with Crippen LogP contribution in [0, 0.1) is 24.0 Å². The number of hydrogen-bond donors (Lipinski definition) is 2. The number of aryl methyl sites for hydroxylation is 2. The molecule has 0 aliphatic heterocycles. The minimum atomic E-state index is -4.33. The van der Waals surface area contributed by atoms with Crippen molar-refractivity contribution in [2.24, 2.45) is 0 Å². The molecule has 1 amide bonds. The number of hydroxylamine groups is 1. The summed E-state index contributed by atoms with van der Waals surface area (Å²) < 4.78 is 33.7. The number of amides is 1. The molecule has 0 atom stereocenters. The molecule has 0 saturated carbocycles. The molecule has 0 radical (unpaired) electrons. The topological polar surface area (TPSA) is 139 Å². The highest BCUT2D eigenvalue weighted by Crippen LogP contribution is 2.35. The molecule has 0 aromatic heterocycles. The van der Waals surface area contributed by atoms with Crippen LogP contribution < -0.4 is 14.5 Å². The number of hydrogen-bond acceptors (Lipinski definition) is 7. The summed E-state index contributed by atoms with van der Waals surface area (Å²) in [5, 5.41) is 21.0. The van der Waals surface area contributed by atoms with Crippen molar-refractivity contribution < 1.29 is 28.1 Å². The molecule has 0 saturated heterocycles. The summed E-state index contributed by atoms with van der Waals surface area (Å²) in [5.41, 5.74) is 2.09. The van der Waals surface area contributed by atoms with Gasteiger partial charge in [0.05, 0.1) is 40.3 Å². The zero-order valence-corrected chi connectivity index (χ0v) is 19.5. The van der Waals surface area contributed by atoms with E-state index in [1.807, 2.05) is 0 Å². The van der Waals surface area contributed by atoms with Crippen LogP contribution in [0.2, 0.25) is 0 Å². The van der Waals surface area contributed by atoms with Crippen molar-refractivity contribution >= 4 is 27.3 Å². The monoisotopic (exact) mass is 485 g/mol. The summed E-state index contributed by atoms with van der Waals surface area (Å²) in [4.78, 5) is 23.5. The van der Waals surface area contributed by atoms with Gasteiger partial charge in [-0.3, -0.25) is 24.4 Å². The van der Waals surface area contributed by atoms with E-state index in [1.54, 1.807) is 32.0 Å². The number of nitrogens with zero attached hydrogens (tertiary/aromatic N) is 2. The van der Waals surface area contributed by atoms with Gasteiger partial charge >= 0.3 is 0 Å². The first kappa shape index (κ1) is 24.7. The molecule has 2 N–H and O–H groups in total. The van der Waals surface area contributed by atoms with E-state index in [2.05, 4.69) is 0 Å². The first-order chi connectivity index (χ1) is 16.1. The maximum absolute atomic E-state index is 13.8. The number of nitro benzene ring substituents is 1. The predicted octanol–water partition coefficient (Wildman–Crippen LogP) is 3.73. The van der Waals surface area contributed by atoms with Gasteiger partial charge in [-0.1, -0.05) is 30.3 Å². The average molecular weight is 486 g/mol. The largest absolute Gasteiger partial charge is 0.497 e. The van der Waals surface area contributed by atoms with E-state index < -0.39 is 27.4 Å². The Bertz CT molecular complexity index is 1340. The van der Waals surface area contributed by atoms with Crippen molar-refractivity contribution in [1.82, 2.24) is 5.48 Å². The second kappa shape index (κ2) is 9.89. The van der Waals surface area contributed by atoms with Gasteiger partial charge in [0.25, 0.3) is 21.6 Å². The Morgan fingerprint density at radius 1 is 1.06 bits per heavy atom. The molecule has 11 heteroatoms. The van der Waals surface area contributed by atoms with Crippen LogP contribution in [0.25, 0.3) is 0 Å². The summed E-state index contributed by atoms with van der Waals surface area (Å²) in [5.74, 6) is -0.483. The zero-order chi connectivity index (χ0) is 25.0. The molecule has 0 heterocycles. The molecule has 0 aliphatic rings. The van der Waals surface area contributed by atoms with Gasteiger partial charge in [-0.05, 0) is 49.7 Å². The van der Waals surface area contributed by atoms with E-state index in [-0.39, 0.29) is 27.4 Å². The predicted molar refractivity (Wildman–Crippen MR) is 125 cm³/mol. The van der Waals surface area contributed by atoms with Gasteiger partial charge < -0.3 is 4.74 Å². The number of ether oxygens (including phenoxy) is 1. The molecular formula is C23H23N3O7S. The fraction of sp³-hybridized carbons (Fsp3) is 0.174. The number of carbonyl (C=O) groups excluding carboxylic acids is 1. The fourth-order valence-corrected chi connectivity index (χ4v) is 5.18. The van der Waals surface area contributed by atoms with Crippen molar-refractivity contribution in [3.8, 4) is 5.75 Å². The first-order valence-corrected chi connectivity index (χ1v) is 11.5. The molecule has 178 valence electrons. The van der Waals surface area contributed by atoms with Crippen molar-refractivity contribution in [2.45, 2.75) is 25.3 Å². The number of sulfonamides is 1. The van der Waals surface area contributed by atoms with Gasteiger partial charge in [-0.25, -0.2) is 13.9 Å². The maximum Gasteiger partial charge on any atom is 0.277 e. The van der Waals surface area contributed by atoms with Crippen molar-refractivity contribution in [1.29, 1.82) is 0 Å². The van der Waals surface area contributed by atoms with Crippen LogP contribution in [0.4, 0.5) is 11.4 Å². The molecule has 34 heavy (non-hydrogen) atoms. The third-order valence-electron chi connectivity index (χ3n) is 5.30. The van der Waals surface area contributed by atoms with Crippen LogP contribution in [-0.2, 0) is 16.6 Å². The highest BCUT2D eigenvalue weighted by atomic mass is 32.2. The standard InChI is InChI=1S/C23H23N3O7S/c1-15-6-4-8-17(21(15)26(29)30)14-25(22-16(2)7-5-9-20(22)23(27)24-28)34(31,32)19-12-10-18(33-3)11-13-19/h4-13,28H,14H2,1-3H3,(H,24,27). The Kier molecular flexibility index (Phi) is 7.18. The first-order valence-electron chi connectivity index (χ1n) is 10.1. The van der Waals surface area contributed by atoms with Crippen molar-refractivity contribution in [2.75, 3.05) is 11.4 Å². The zero-order valence-electron chi connectivity index (χ0n) is 18.7. The highest BCUT2D eigenvalue weighted by Gasteiger charge is 2.32. The molecule has 3 rings (SSSR count). The highest BCUT2D eigenvalue weighted by molar-refractivity contribution is 7.92. The van der Waals surface area contributed by atoms with Crippen LogP contribution in [0.5, 0.6) is 5.75 Å². The number of para-hydroxylation sites is 2. The lowest BCUT2D eigenvalue weighted by atomic mass is 10.1. The van der Waals surface area contributed by atoms with E-state index in [1.165, 1.54) is 55.1 Å². The number of carbonyl (C=O) groups is 1. The second-order valence-electron chi connectivity index (χ2n) is 7.44. The van der Waals surface area contributed by atoms with E-state index in [0.717, 1.165) is 4.31 Å². The molecule has 3 aromatic rings.